The van der Waals surface area contributed by atoms with Crippen LogP contribution in [0.5, 0.6) is 0 Å². The summed E-state index contributed by atoms with van der Waals surface area (Å²) in [7, 11) is 0. The molecule has 5 nitrogen and oxygen atoms in total. The zero-order chi connectivity index (χ0) is 16.9. The number of pyridine rings is 1. The molecule has 5 heteroatoms. The van der Waals surface area contributed by atoms with Crippen molar-refractivity contribution in [2.24, 2.45) is 0 Å². The molecule has 0 aliphatic carbocycles. The van der Waals surface area contributed by atoms with Gasteiger partial charge in [0, 0.05) is 24.6 Å². The van der Waals surface area contributed by atoms with Gasteiger partial charge in [0.2, 0.25) is 5.91 Å². The average molecular weight is 323 g/mol. The largest absolute Gasteiger partial charge is 0.327 e. The van der Waals surface area contributed by atoms with Crippen molar-refractivity contribution in [2.45, 2.75) is 32.2 Å². The number of rotatable bonds is 3. The molecule has 124 valence electrons. The molecule has 1 atom stereocenters. The summed E-state index contributed by atoms with van der Waals surface area (Å²) < 4.78 is 0. The van der Waals surface area contributed by atoms with Crippen LogP contribution >= 0.6 is 0 Å². The number of nitrogens with zero attached hydrogens (tertiary/aromatic N) is 2. The van der Waals surface area contributed by atoms with E-state index in [-0.39, 0.29) is 11.8 Å². The molecule has 0 bridgehead atoms. The zero-order valence-corrected chi connectivity index (χ0v) is 13.7. The minimum absolute atomic E-state index is 0.127. The second kappa shape index (κ2) is 7.25. The molecule has 1 aliphatic rings. The van der Waals surface area contributed by atoms with Crippen molar-refractivity contribution in [3.8, 4) is 0 Å². The van der Waals surface area contributed by atoms with Gasteiger partial charge in [-0.15, -0.1) is 0 Å². The molecule has 1 N–H and O–H groups in total. The van der Waals surface area contributed by atoms with Crippen molar-refractivity contribution in [1.29, 1.82) is 0 Å². The van der Waals surface area contributed by atoms with E-state index >= 15 is 0 Å². The minimum Gasteiger partial charge on any atom is -0.327 e. The number of piperidine rings is 1. The standard InChI is InChI=1S/C19H21N3O2/c1-14-6-4-8-16(12-14)21-18(23)17-9-2-3-11-22(17)19(24)15-7-5-10-20-13-15/h4-8,10,12-13,17H,2-3,9,11H2,1H3,(H,21,23). The predicted molar refractivity (Wildman–Crippen MR) is 92.7 cm³/mol. The van der Waals surface area contributed by atoms with E-state index < -0.39 is 6.04 Å². The van der Waals surface area contributed by atoms with Gasteiger partial charge in [-0.1, -0.05) is 12.1 Å². The molecule has 0 radical (unpaired) electrons. The summed E-state index contributed by atoms with van der Waals surface area (Å²) in [6.07, 6.45) is 5.73. The van der Waals surface area contributed by atoms with Gasteiger partial charge in [-0.25, -0.2) is 0 Å². The van der Waals surface area contributed by atoms with E-state index in [1.165, 1.54) is 0 Å². The minimum atomic E-state index is -0.438. The van der Waals surface area contributed by atoms with E-state index in [2.05, 4.69) is 10.3 Å². The third-order valence-electron chi connectivity index (χ3n) is 4.26. The van der Waals surface area contributed by atoms with Gasteiger partial charge in [-0.3, -0.25) is 14.6 Å². The Kier molecular flexibility index (Phi) is 4.89. The first-order valence-corrected chi connectivity index (χ1v) is 8.23. The summed E-state index contributed by atoms with van der Waals surface area (Å²) in [6, 6.07) is 10.7. The molecule has 2 heterocycles. The van der Waals surface area contributed by atoms with Crippen molar-refractivity contribution < 1.29 is 9.59 Å². The van der Waals surface area contributed by atoms with Gasteiger partial charge in [-0.2, -0.15) is 0 Å². The van der Waals surface area contributed by atoms with Crippen LogP contribution in [0.4, 0.5) is 5.69 Å². The van der Waals surface area contributed by atoms with Gasteiger partial charge >= 0.3 is 0 Å². The smallest absolute Gasteiger partial charge is 0.256 e. The molecule has 1 fully saturated rings. The van der Waals surface area contributed by atoms with Crippen LogP contribution < -0.4 is 5.32 Å². The lowest BCUT2D eigenvalue weighted by atomic mass is 10.00. The van der Waals surface area contributed by atoms with E-state index in [1.54, 1.807) is 29.4 Å². The summed E-state index contributed by atoms with van der Waals surface area (Å²) in [5.41, 5.74) is 2.37. The zero-order valence-electron chi connectivity index (χ0n) is 13.7. The lowest BCUT2D eigenvalue weighted by Crippen LogP contribution is -2.50. The lowest BCUT2D eigenvalue weighted by molar-refractivity contribution is -0.121. The van der Waals surface area contributed by atoms with Crippen LogP contribution in [-0.4, -0.2) is 34.3 Å². The fourth-order valence-electron chi connectivity index (χ4n) is 3.05. The number of amides is 2. The highest BCUT2D eigenvalue weighted by atomic mass is 16.2. The third-order valence-corrected chi connectivity index (χ3v) is 4.26. The summed E-state index contributed by atoms with van der Waals surface area (Å²) in [5.74, 6) is -0.260. The van der Waals surface area contributed by atoms with Gasteiger partial charge in [0.25, 0.3) is 5.91 Å². The second-order valence-electron chi connectivity index (χ2n) is 6.11. The van der Waals surface area contributed by atoms with E-state index in [0.717, 1.165) is 24.1 Å². The van der Waals surface area contributed by atoms with Gasteiger partial charge < -0.3 is 10.2 Å². The molecule has 1 saturated heterocycles. The first-order chi connectivity index (χ1) is 11.6. The summed E-state index contributed by atoms with van der Waals surface area (Å²) in [4.78, 5) is 31.1. The van der Waals surface area contributed by atoms with Gasteiger partial charge in [-0.05, 0) is 56.0 Å². The maximum Gasteiger partial charge on any atom is 0.256 e. The highest BCUT2D eigenvalue weighted by Crippen LogP contribution is 2.21. The lowest BCUT2D eigenvalue weighted by Gasteiger charge is -2.34. The fraction of sp³-hybridized carbons (Fsp3) is 0.316. The molecule has 1 unspecified atom stereocenters. The van der Waals surface area contributed by atoms with Crippen LogP contribution in [-0.2, 0) is 4.79 Å². The summed E-state index contributed by atoms with van der Waals surface area (Å²) in [6.45, 7) is 2.58. The maximum atomic E-state index is 12.7. The number of aromatic nitrogens is 1. The van der Waals surface area contributed by atoms with Crippen molar-refractivity contribution in [3.05, 3.63) is 59.9 Å². The Morgan fingerprint density at radius 3 is 2.83 bits per heavy atom. The SMILES string of the molecule is Cc1cccc(NC(=O)C2CCCCN2C(=O)c2cccnc2)c1. The summed E-state index contributed by atoms with van der Waals surface area (Å²) in [5, 5.41) is 2.94. The Morgan fingerprint density at radius 2 is 2.08 bits per heavy atom. The van der Waals surface area contributed by atoms with Gasteiger partial charge in [0.15, 0.2) is 0 Å². The number of benzene rings is 1. The molecular weight excluding hydrogens is 302 g/mol. The Morgan fingerprint density at radius 1 is 1.21 bits per heavy atom. The van der Waals surface area contributed by atoms with E-state index in [0.29, 0.717) is 18.5 Å². The molecular formula is C19H21N3O2. The van der Waals surface area contributed by atoms with E-state index in [1.807, 2.05) is 31.2 Å². The molecule has 2 aromatic rings. The Hall–Kier alpha value is -2.69. The van der Waals surface area contributed by atoms with Crippen LogP contribution in [0.3, 0.4) is 0 Å². The molecule has 3 rings (SSSR count). The number of likely N-dealkylation sites (tertiary alicyclic amines) is 1. The number of aryl methyl sites for hydroxylation is 1. The molecule has 0 spiro atoms. The van der Waals surface area contributed by atoms with E-state index in [9.17, 15) is 9.59 Å². The second-order valence-corrected chi connectivity index (χ2v) is 6.11. The average Bonchev–Trinajstić information content (AvgIpc) is 2.62. The molecule has 24 heavy (non-hydrogen) atoms. The molecule has 0 saturated carbocycles. The topological polar surface area (TPSA) is 62.3 Å². The van der Waals surface area contributed by atoms with Crippen LogP contribution in [0.2, 0.25) is 0 Å². The maximum absolute atomic E-state index is 12.7. The van der Waals surface area contributed by atoms with Crippen molar-refractivity contribution >= 4 is 17.5 Å². The Labute approximate surface area is 141 Å². The first-order valence-electron chi connectivity index (χ1n) is 8.23. The molecule has 1 aromatic carbocycles. The van der Waals surface area contributed by atoms with Crippen molar-refractivity contribution in [1.82, 2.24) is 9.88 Å². The molecule has 1 aliphatic heterocycles. The van der Waals surface area contributed by atoms with Crippen LogP contribution in [0, 0.1) is 6.92 Å². The predicted octanol–water partition coefficient (Wildman–Crippen LogP) is 3.02. The highest BCUT2D eigenvalue weighted by Gasteiger charge is 2.32. The monoisotopic (exact) mass is 323 g/mol. The van der Waals surface area contributed by atoms with Crippen molar-refractivity contribution in [2.75, 3.05) is 11.9 Å². The van der Waals surface area contributed by atoms with Crippen molar-refractivity contribution in [3.63, 3.8) is 0 Å². The van der Waals surface area contributed by atoms with Crippen LogP contribution in [0.25, 0.3) is 0 Å². The molecule has 1 aromatic heterocycles. The van der Waals surface area contributed by atoms with Gasteiger partial charge in [0.1, 0.15) is 6.04 Å². The first kappa shape index (κ1) is 16.2. The van der Waals surface area contributed by atoms with E-state index in [4.69, 9.17) is 0 Å². The quantitative estimate of drug-likeness (QED) is 0.944. The van der Waals surface area contributed by atoms with Gasteiger partial charge in [0.05, 0.1) is 5.56 Å². The Balaban J connectivity index is 1.76. The number of anilines is 1. The number of carbonyl (C=O) groups excluding carboxylic acids is 2. The van der Waals surface area contributed by atoms with Crippen LogP contribution in [0.1, 0.15) is 35.2 Å². The number of nitrogens with one attached hydrogen (secondary N) is 1. The summed E-state index contributed by atoms with van der Waals surface area (Å²) >= 11 is 0. The third kappa shape index (κ3) is 3.62. The molecule has 2 amide bonds. The normalized spacial score (nSPS) is 17.4. The fourth-order valence-corrected chi connectivity index (χ4v) is 3.05. The number of carbonyl (C=O) groups is 2. The van der Waals surface area contributed by atoms with Crippen LogP contribution in [0.15, 0.2) is 48.8 Å². The Bertz CT molecular complexity index is 730. The number of hydrogen-bond donors (Lipinski definition) is 1. The number of hydrogen-bond acceptors (Lipinski definition) is 3. The highest BCUT2D eigenvalue weighted by molar-refractivity contribution is 6.01.